The maximum Gasteiger partial charge on any atom is 0.236 e. The molecule has 1 aliphatic rings. The maximum absolute atomic E-state index is 12.3. The summed E-state index contributed by atoms with van der Waals surface area (Å²) in [5.41, 5.74) is 3.11. The molecule has 1 aliphatic carbocycles. The lowest BCUT2D eigenvalue weighted by molar-refractivity contribution is -0.113. The van der Waals surface area contributed by atoms with Crippen LogP contribution in [0.5, 0.6) is 0 Å². The zero-order valence-corrected chi connectivity index (χ0v) is 19.0. The Labute approximate surface area is 180 Å². The van der Waals surface area contributed by atoms with E-state index >= 15 is 0 Å². The van der Waals surface area contributed by atoms with Crippen molar-refractivity contribution in [3.63, 3.8) is 0 Å². The van der Waals surface area contributed by atoms with Gasteiger partial charge in [0.25, 0.3) is 0 Å². The number of thioether (sulfide) groups is 1. The number of aryl methyl sites for hydroxylation is 2. The van der Waals surface area contributed by atoms with E-state index in [-0.39, 0.29) is 11.7 Å². The van der Waals surface area contributed by atoms with E-state index in [0.717, 1.165) is 42.8 Å². The van der Waals surface area contributed by atoms with Gasteiger partial charge in [-0.3, -0.25) is 10.1 Å². The highest BCUT2D eigenvalue weighted by molar-refractivity contribution is 8.00. The van der Waals surface area contributed by atoms with Crippen LogP contribution in [0.1, 0.15) is 62.4 Å². The number of fused-ring (bicyclic) bond motifs is 1. The first-order chi connectivity index (χ1) is 13.9. The van der Waals surface area contributed by atoms with E-state index in [1.165, 1.54) is 28.7 Å². The molecule has 2 heterocycles. The molecule has 0 bridgehead atoms. The normalized spacial score (nSPS) is 16.2. The van der Waals surface area contributed by atoms with Gasteiger partial charge in [0.15, 0.2) is 0 Å². The Balaban J connectivity index is 1.68. The van der Waals surface area contributed by atoms with Gasteiger partial charge >= 0.3 is 0 Å². The van der Waals surface area contributed by atoms with Crippen LogP contribution in [0.15, 0.2) is 11.1 Å². The molecule has 1 N–H and O–H groups in total. The molecule has 0 saturated heterocycles. The highest BCUT2D eigenvalue weighted by Gasteiger charge is 2.32. The first-order valence-corrected chi connectivity index (χ1v) is 11.8. The molecule has 8 heteroatoms. The van der Waals surface area contributed by atoms with Crippen molar-refractivity contribution in [3.05, 3.63) is 27.9 Å². The first-order valence-electron chi connectivity index (χ1n) is 10.0. The Morgan fingerprint density at radius 3 is 2.86 bits per heavy atom. The minimum atomic E-state index is -0.165. The van der Waals surface area contributed by atoms with Crippen LogP contribution in [0.3, 0.4) is 0 Å². The number of carbonyl (C=O) groups is 1. The second-order valence-electron chi connectivity index (χ2n) is 8.03. The molecule has 6 nitrogen and oxygen atoms in total. The van der Waals surface area contributed by atoms with E-state index in [1.54, 1.807) is 0 Å². The number of hydrogen-bond acceptors (Lipinski definition) is 7. The number of rotatable bonds is 7. The Morgan fingerprint density at radius 1 is 1.41 bits per heavy atom. The van der Waals surface area contributed by atoms with Gasteiger partial charge < -0.3 is 0 Å². The van der Waals surface area contributed by atoms with Gasteiger partial charge in [-0.15, -0.1) is 10.2 Å². The summed E-state index contributed by atoms with van der Waals surface area (Å²) in [5, 5.41) is 22.4. The smallest absolute Gasteiger partial charge is 0.236 e. The molecular weight excluding hydrogens is 402 g/mol. The molecule has 3 rings (SSSR count). The molecule has 2 aromatic rings. The molecule has 0 spiro atoms. The number of anilines is 1. The van der Waals surface area contributed by atoms with Gasteiger partial charge in [0.1, 0.15) is 16.1 Å². The van der Waals surface area contributed by atoms with Gasteiger partial charge in [-0.05, 0) is 48.6 Å². The molecular formula is C21H27N5OS2. The third-order valence-electron chi connectivity index (χ3n) is 5.84. The third-order valence-corrected chi connectivity index (χ3v) is 7.82. The molecule has 0 saturated carbocycles. The summed E-state index contributed by atoms with van der Waals surface area (Å²) in [6.45, 7) is 8.89. The van der Waals surface area contributed by atoms with Gasteiger partial charge in [-0.2, -0.15) is 5.26 Å². The number of carbonyl (C=O) groups excluding carboxylic acids is 1. The summed E-state index contributed by atoms with van der Waals surface area (Å²) in [4.78, 5) is 17.0. The highest BCUT2D eigenvalue weighted by Crippen LogP contribution is 2.40. The molecule has 1 unspecified atom stereocenters. The van der Waals surface area contributed by atoms with Crippen LogP contribution in [0.25, 0.3) is 0 Å². The van der Waals surface area contributed by atoms with Gasteiger partial charge in [0, 0.05) is 5.69 Å². The van der Waals surface area contributed by atoms with Crippen molar-refractivity contribution in [2.75, 3.05) is 11.1 Å². The van der Waals surface area contributed by atoms with E-state index in [9.17, 15) is 10.1 Å². The predicted octanol–water partition coefficient (Wildman–Crippen LogP) is 4.64. The van der Waals surface area contributed by atoms with Crippen LogP contribution < -0.4 is 5.32 Å². The number of nitriles is 1. The van der Waals surface area contributed by atoms with Crippen LogP contribution in [0.2, 0.25) is 0 Å². The van der Waals surface area contributed by atoms with Gasteiger partial charge in [0.05, 0.1) is 11.3 Å². The lowest BCUT2D eigenvalue weighted by atomic mass is 9.69. The summed E-state index contributed by atoms with van der Waals surface area (Å²) in [6, 6.07) is 4.25. The minimum Gasteiger partial charge on any atom is -0.300 e. The fourth-order valence-corrected chi connectivity index (χ4v) is 5.00. The molecule has 0 radical (unpaired) electrons. The maximum atomic E-state index is 12.3. The second-order valence-corrected chi connectivity index (χ2v) is 10.1. The van der Waals surface area contributed by atoms with Crippen LogP contribution in [0.4, 0.5) is 5.13 Å². The Morgan fingerprint density at radius 2 is 2.21 bits per heavy atom. The first kappa shape index (κ1) is 21.7. The SMILES string of the molecule is CCc1nnc(NC(=O)CSc2nc3c(cc2C#N)CC(C(C)(C)CC)CC3)s1. The molecule has 154 valence electrons. The molecule has 1 atom stereocenters. The average Bonchev–Trinajstić information content (AvgIpc) is 3.18. The second kappa shape index (κ2) is 9.23. The predicted molar refractivity (Wildman–Crippen MR) is 117 cm³/mol. The summed E-state index contributed by atoms with van der Waals surface area (Å²) in [5.74, 6) is 0.631. The average molecular weight is 430 g/mol. The van der Waals surface area contributed by atoms with Crippen molar-refractivity contribution >= 4 is 34.1 Å². The van der Waals surface area contributed by atoms with E-state index in [1.807, 2.05) is 13.0 Å². The summed E-state index contributed by atoms with van der Waals surface area (Å²) < 4.78 is 0. The lowest BCUT2D eigenvalue weighted by Gasteiger charge is -2.37. The number of pyridine rings is 1. The Hall–Kier alpha value is -1.98. The lowest BCUT2D eigenvalue weighted by Crippen LogP contribution is -2.29. The van der Waals surface area contributed by atoms with E-state index in [0.29, 0.717) is 27.1 Å². The topological polar surface area (TPSA) is 91.6 Å². The monoisotopic (exact) mass is 429 g/mol. The van der Waals surface area contributed by atoms with Crippen molar-refractivity contribution in [1.29, 1.82) is 5.26 Å². The number of nitrogens with one attached hydrogen (secondary N) is 1. The van der Waals surface area contributed by atoms with E-state index < -0.39 is 0 Å². The van der Waals surface area contributed by atoms with Crippen molar-refractivity contribution in [3.8, 4) is 6.07 Å². The fourth-order valence-electron chi connectivity index (χ4n) is 3.53. The summed E-state index contributed by atoms with van der Waals surface area (Å²) >= 11 is 2.69. The minimum absolute atomic E-state index is 0.165. The number of amides is 1. The highest BCUT2D eigenvalue weighted by atomic mass is 32.2. The fraction of sp³-hybridized carbons (Fsp3) is 0.571. The van der Waals surface area contributed by atoms with Crippen LogP contribution in [-0.2, 0) is 24.1 Å². The van der Waals surface area contributed by atoms with Crippen molar-refractivity contribution in [1.82, 2.24) is 15.2 Å². The standard InChI is InChI=1S/C21H27N5OS2/c1-5-18-25-26-20(29-18)24-17(27)12-28-19-14(11-22)9-13-10-15(21(3,4)6-2)7-8-16(13)23-19/h9,15H,5-8,10,12H2,1-4H3,(H,24,26,27). The zero-order valence-electron chi connectivity index (χ0n) is 17.4. The number of hydrogen-bond donors (Lipinski definition) is 1. The number of nitrogens with zero attached hydrogens (tertiary/aromatic N) is 4. The van der Waals surface area contributed by atoms with Gasteiger partial charge in [-0.1, -0.05) is 57.2 Å². The van der Waals surface area contributed by atoms with Crippen molar-refractivity contribution in [2.45, 2.75) is 64.8 Å². The molecule has 0 aromatic carbocycles. The largest absolute Gasteiger partial charge is 0.300 e. The van der Waals surface area contributed by atoms with E-state index in [2.05, 4.69) is 42.4 Å². The zero-order chi connectivity index (χ0) is 21.0. The molecule has 29 heavy (non-hydrogen) atoms. The Bertz CT molecular complexity index is 932. The van der Waals surface area contributed by atoms with Crippen LogP contribution in [0, 0.1) is 22.7 Å². The quantitative estimate of drug-likeness (QED) is 0.645. The van der Waals surface area contributed by atoms with Gasteiger partial charge in [0.2, 0.25) is 11.0 Å². The Kier molecular flexibility index (Phi) is 6.91. The summed E-state index contributed by atoms with van der Waals surface area (Å²) in [7, 11) is 0. The molecule has 1 amide bonds. The van der Waals surface area contributed by atoms with Crippen LogP contribution >= 0.6 is 23.1 Å². The van der Waals surface area contributed by atoms with Gasteiger partial charge in [-0.25, -0.2) is 4.98 Å². The van der Waals surface area contributed by atoms with Crippen molar-refractivity contribution < 1.29 is 4.79 Å². The summed E-state index contributed by atoms with van der Waals surface area (Å²) in [6.07, 6.45) is 4.96. The molecule has 2 aromatic heterocycles. The van der Waals surface area contributed by atoms with Crippen LogP contribution in [-0.4, -0.2) is 26.8 Å². The third kappa shape index (κ3) is 5.14. The van der Waals surface area contributed by atoms with Crippen molar-refractivity contribution in [2.24, 2.45) is 11.3 Å². The molecule has 0 fully saturated rings. The van der Waals surface area contributed by atoms with E-state index in [4.69, 9.17) is 4.98 Å². The molecule has 0 aliphatic heterocycles. The number of aromatic nitrogens is 3.